The van der Waals surface area contributed by atoms with E-state index in [0.717, 1.165) is 10.5 Å². The first-order valence-corrected chi connectivity index (χ1v) is 10.4. The molecule has 2 aliphatic heterocycles. The number of β-lactam (4-membered cyclic amide) rings is 1. The summed E-state index contributed by atoms with van der Waals surface area (Å²) in [6.07, 6.45) is 0. The maximum absolute atomic E-state index is 13.0. The molecule has 0 unspecified atom stereocenters. The summed E-state index contributed by atoms with van der Waals surface area (Å²) in [5, 5.41) is -1.04. The van der Waals surface area contributed by atoms with Gasteiger partial charge in [0.1, 0.15) is 18.0 Å². The van der Waals surface area contributed by atoms with Crippen molar-refractivity contribution in [3.8, 4) is 0 Å². The van der Waals surface area contributed by atoms with Crippen LogP contribution < -0.4 is 5.48 Å². The van der Waals surface area contributed by atoms with Crippen molar-refractivity contribution in [3.63, 3.8) is 0 Å². The Balaban J connectivity index is 1.78. The highest BCUT2D eigenvalue weighted by atomic mass is 32.2. The van der Waals surface area contributed by atoms with Crippen molar-refractivity contribution < 1.29 is 27.6 Å². The molecule has 2 heterocycles. The zero-order valence-corrected chi connectivity index (χ0v) is 16.4. The van der Waals surface area contributed by atoms with Crippen LogP contribution in [0.1, 0.15) is 26.3 Å². The molecule has 2 aliphatic rings. The second kappa shape index (κ2) is 7.21. The quantitative estimate of drug-likeness (QED) is 0.312. The number of esters is 1. The number of sulfone groups is 1. The van der Waals surface area contributed by atoms with Crippen molar-refractivity contribution in [2.45, 2.75) is 43.5 Å². The van der Waals surface area contributed by atoms with Crippen LogP contribution in [0.25, 0.3) is 0 Å². The maximum Gasteiger partial charge on any atom is 0.330 e. The Morgan fingerprint density at radius 1 is 1.26 bits per heavy atom. The first-order chi connectivity index (χ1) is 12.7. The molecular weight excluding hydrogens is 372 g/mol. The van der Waals surface area contributed by atoms with Gasteiger partial charge in [-0.15, -0.1) is 0 Å². The Kier molecular flexibility index (Phi) is 5.29. The summed E-state index contributed by atoms with van der Waals surface area (Å²) in [6, 6.07) is 7.92. The molecule has 0 saturated carbocycles. The fraction of sp³-hybridized carbons (Fsp3) is 0.556. The molecule has 8 nitrogen and oxygen atoms in total. The number of hydroxylamine groups is 1. The van der Waals surface area contributed by atoms with Gasteiger partial charge in [-0.25, -0.2) is 18.7 Å². The topological polar surface area (TPSA) is 102 Å². The van der Waals surface area contributed by atoms with Crippen LogP contribution in [0.3, 0.4) is 0 Å². The summed E-state index contributed by atoms with van der Waals surface area (Å²) < 4.78 is 29.9. The summed E-state index contributed by atoms with van der Waals surface area (Å²) in [4.78, 5) is 31.4. The second-order valence-corrected chi connectivity index (χ2v) is 9.79. The molecule has 0 aliphatic carbocycles. The standard InChI is InChI=1S/C18H24N2O6S/c1-4-26-19-10-13-15(21)20-14(18(2,3)27(23,24)16(13)20)17(22)25-11-12-8-6-5-7-9-12/h5-9,13-14,16,19H,4,10-11H2,1-3H3/t13-,14-,16+/m0/s1. The molecule has 2 fully saturated rings. The highest BCUT2D eigenvalue weighted by Gasteiger charge is 2.72. The van der Waals surface area contributed by atoms with Crippen molar-refractivity contribution in [3.05, 3.63) is 35.9 Å². The van der Waals surface area contributed by atoms with Gasteiger partial charge in [0.2, 0.25) is 5.91 Å². The van der Waals surface area contributed by atoms with E-state index in [4.69, 9.17) is 9.57 Å². The molecule has 0 bridgehead atoms. The van der Waals surface area contributed by atoms with E-state index in [1.54, 1.807) is 19.1 Å². The third kappa shape index (κ3) is 3.13. The number of rotatable bonds is 7. The van der Waals surface area contributed by atoms with E-state index < -0.39 is 37.9 Å². The lowest BCUT2D eigenvalue weighted by Crippen LogP contribution is -2.65. The number of amides is 1. The van der Waals surface area contributed by atoms with Gasteiger partial charge >= 0.3 is 5.97 Å². The Labute approximate surface area is 158 Å². The monoisotopic (exact) mass is 396 g/mol. The summed E-state index contributed by atoms with van der Waals surface area (Å²) in [5.74, 6) is -1.87. The molecule has 27 heavy (non-hydrogen) atoms. The summed E-state index contributed by atoms with van der Waals surface area (Å²) in [6.45, 7) is 5.20. The predicted molar refractivity (Wildman–Crippen MR) is 96.8 cm³/mol. The number of carbonyl (C=O) groups excluding carboxylic acids is 2. The number of hydrogen-bond donors (Lipinski definition) is 1. The first kappa shape index (κ1) is 19.8. The largest absolute Gasteiger partial charge is 0.459 e. The Hall–Kier alpha value is -1.97. The molecule has 1 N–H and O–H groups in total. The third-order valence-electron chi connectivity index (χ3n) is 5.17. The number of hydrogen-bond acceptors (Lipinski definition) is 7. The maximum atomic E-state index is 13.0. The zero-order chi connectivity index (χ0) is 19.8. The lowest BCUT2D eigenvalue weighted by molar-refractivity contribution is -0.168. The molecule has 0 radical (unpaired) electrons. The molecular formula is C18H24N2O6S. The van der Waals surface area contributed by atoms with Crippen LogP contribution in [0.15, 0.2) is 30.3 Å². The lowest BCUT2D eigenvalue weighted by Gasteiger charge is -2.42. The average molecular weight is 396 g/mol. The minimum absolute atomic E-state index is 0.0221. The van der Waals surface area contributed by atoms with Crippen LogP contribution in [0.2, 0.25) is 0 Å². The van der Waals surface area contributed by atoms with E-state index in [2.05, 4.69) is 5.48 Å². The van der Waals surface area contributed by atoms with E-state index in [-0.39, 0.29) is 19.1 Å². The Morgan fingerprint density at radius 3 is 2.56 bits per heavy atom. The normalized spacial score (nSPS) is 27.7. The average Bonchev–Trinajstić information content (AvgIpc) is 2.78. The molecule has 148 valence electrons. The van der Waals surface area contributed by atoms with Crippen molar-refractivity contribution in [1.82, 2.24) is 10.4 Å². The first-order valence-electron chi connectivity index (χ1n) is 8.84. The van der Waals surface area contributed by atoms with Gasteiger partial charge in [-0.3, -0.25) is 4.79 Å². The molecule has 3 rings (SSSR count). The van der Waals surface area contributed by atoms with Gasteiger partial charge in [0.15, 0.2) is 9.84 Å². The van der Waals surface area contributed by atoms with E-state index in [1.165, 1.54) is 13.8 Å². The van der Waals surface area contributed by atoms with Crippen LogP contribution in [-0.4, -0.2) is 54.5 Å². The van der Waals surface area contributed by atoms with E-state index in [0.29, 0.717) is 6.61 Å². The number of benzene rings is 1. The van der Waals surface area contributed by atoms with Gasteiger partial charge in [-0.2, -0.15) is 0 Å². The Bertz CT molecular complexity index is 824. The molecule has 9 heteroatoms. The second-order valence-electron chi connectivity index (χ2n) is 7.17. The van der Waals surface area contributed by atoms with Gasteiger partial charge in [0.25, 0.3) is 0 Å². The van der Waals surface area contributed by atoms with Crippen molar-refractivity contribution >= 4 is 21.7 Å². The van der Waals surface area contributed by atoms with Gasteiger partial charge in [0, 0.05) is 6.54 Å². The van der Waals surface area contributed by atoms with Crippen molar-refractivity contribution in [2.24, 2.45) is 5.92 Å². The van der Waals surface area contributed by atoms with E-state index in [1.807, 2.05) is 18.2 Å². The van der Waals surface area contributed by atoms with Crippen LogP contribution in [0.4, 0.5) is 0 Å². The highest BCUT2D eigenvalue weighted by molar-refractivity contribution is 7.93. The number of nitrogens with zero attached hydrogens (tertiary/aromatic N) is 1. The fourth-order valence-electron chi connectivity index (χ4n) is 3.64. The predicted octanol–water partition coefficient (Wildman–Crippen LogP) is 0.631. The Morgan fingerprint density at radius 2 is 1.93 bits per heavy atom. The van der Waals surface area contributed by atoms with E-state index >= 15 is 0 Å². The zero-order valence-electron chi connectivity index (χ0n) is 15.5. The fourth-order valence-corrected chi connectivity index (χ4v) is 5.95. The van der Waals surface area contributed by atoms with Crippen molar-refractivity contribution in [1.29, 1.82) is 0 Å². The minimum Gasteiger partial charge on any atom is -0.459 e. The van der Waals surface area contributed by atoms with Gasteiger partial charge in [0.05, 0.1) is 17.3 Å². The number of nitrogens with one attached hydrogen (secondary N) is 1. The third-order valence-corrected chi connectivity index (χ3v) is 8.06. The summed E-state index contributed by atoms with van der Waals surface area (Å²) >= 11 is 0. The molecule has 0 aromatic heterocycles. The van der Waals surface area contributed by atoms with Crippen LogP contribution >= 0.6 is 0 Å². The van der Waals surface area contributed by atoms with Gasteiger partial charge in [-0.05, 0) is 26.3 Å². The number of ether oxygens (including phenoxy) is 1. The van der Waals surface area contributed by atoms with E-state index in [9.17, 15) is 18.0 Å². The SMILES string of the molecule is CCONC[C@H]1C(=O)N2[C@@H](C(=O)OCc3ccccc3)C(C)(C)S(=O)(=O)[C@H]12. The molecule has 1 aromatic rings. The van der Waals surface area contributed by atoms with Gasteiger partial charge < -0.3 is 14.5 Å². The number of carbonyl (C=O) groups is 2. The lowest BCUT2D eigenvalue weighted by atomic mass is 9.92. The van der Waals surface area contributed by atoms with Crippen molar-refractivity contribution in [2.75, 3.05) is 13.2 Å². The molecule has 3 atom stereocenters. The van der Waals surface area contributed by atoms with Crippen LogP contribution in [-0.2, 0) is 35.6 Å². The number of fused-ring (bicyclic) bond motifs is 1. The summed E-state index contributed by atoms with van der Waals surface area (Å²) in [7, 11) is -3.75. The summed E-state index contributed by atoms with van der Waals surface area (Å²) in [5.41, 5.74) is 3.39. The molecule has 0 spiro atoms. The smallest absolute Gasteiger partial charge is 0.330 e. The van der Waals surface area contributed by atoms with Gasteiger partial charge in [-0.1, -0.05) is 30.3 Å². The molecule has 2 saturated heterocycles. The van der Waals surface area contributed by atoms with Crippen LogP contribution in [0.5, 0.6) is 0 Å². The molecule has 1 amide bonds. The molecule has 1 aromatic carbocycles. The highest BCUT2D eigenvalue weighted by Crippen LogP contribution is 2.48. The minimum atomic E-state index is -3.75. The van der Waals surface area contributed by atoms with Crippen LogP contribution in [0, 0.1) is 5.92 Å².